The van der Waals surface area contributed by atoms with Crippen LogP contribution in [0, 0.1) is 12.8 Å². The maximum absolute atomic E-state index is 14.3. The van der Waals surface area contributed by atoms with Crippen molar-refractivity contribution in [2.75, 3.05) is 31.0 Å². The van der Waals surface area contributed by atoms with Gasteiger partial charge in [0.1, 0.15) is 9.84 Å². The van der Waals surface area contributed by atoms with Crippen LogP contribution >= 0.6 is 11.6 Å². The Bertz CT molecular complexity index is 1480. The second kappa shape index (κ2) is 10.9. The zero-order chi connectivity index (χ0) is 28.7. The number of hydrogen-bond acceptors (Lipinski definition) is 8. The number of carbonyl (C=O) groups excluding carboxylic acids is 1. The van der Waals surface area contributed by atoms with Gasteiger partial charge in [-0.05, 0) is 61.5 Å². The molecule has 0 bridgehead atoms. The molecule has 1 N–H and O–H groups in total. The van der Waals surface area contributed by atoms with Crippen molar-refractivity contribution in [3.05, 3.63) is 46.5 Å². The fourth-order valence-corrected chi connectivity index (χ4v) is 6.44. The number of carbonyl (C=O) groups is 1. The molecule has 1 aliphatic heterocycles. The molecule has 3 aromatic rings. The molecule has 1 fully saturated rings. The number of rotatable bonds is 7. The Morgan fingerprint density at radius 3 is 2.54 bits per heavy atom. The molecule has 15 heteroatoms. The third-order valence-electron chi connectivity index (χ3n) is 6.91. The van der Waals surface area contributed by atoms with Gasteiger partial charge in [0.2, 0.25) is 11.2 Å². The summed E-state index contributed by atoms with van der Waals surface area (Å²) >= 11 is 5.94. The summed E-state index contributed by atoms with van der Waals surface area (Å²) in [7, 11) is -0.640. The van der Waals surface area contributed by atoms with E-state index in [9.17, 15) is 26.4 Å². The van der Waals surface area contributed by atoms with Gasteiger partial charge in [0.15, 0.2) is 6.04 Å². The first kappa shape index (κ1) is 29.0. The molecule has 2 atom stereocenters. The lowest BCUT2D eigenvalue weighted by molar-refractivity contribution is -0.190. The highest BCUT2D eigenvalue weighted by atomic mass is 35.5. The van der Waals surface area contributed by atoms with E-state index in [-0.39, 0.29) is 41.0 Å². The van der Waals surface area contributed by atoms with Gasteiger partial charge in [-0.25, -0.2) is 13.4 Å². The summed E-state index contributed by atoms with van der Waals surface area (Å²) in [6, 6.07) is 2.14. The number of amides is 1. The maximum Gasteiger partial charge on any atom is 0.413 e. The predicted octanol–water partition coefficient (Wildman–Crippen LogP) is 4.42. The lowest BCUT2D eigenvalue weighted by Crippen LogP contribution is -2.44. The monoisotopic (exact) mass is 588 g/mol. The number of aromatic nitrogens is 4. The van der Waals surface area contributed by atoms with Crippen molar-refractivity contribution in [1.82, 2.24) is 24.5 Å². The van der Waals surface area contributed by atoms with Crippen molar-refractivity contribution < 1.29 is 31.1 Å². The topological polar surface area (TPSA) is 119 Å². The number of fused-ring (bicyclic) bond motifs is 1. The van der Waals surface area contributed by atoms with E-state index < -0.39 is 40.0 Å². The van der Waals surface area contributed by atoms with E-state index in [1.165, 1.54) is 36.9 Å². The molecule has 1 aromatic carbocycles. The number of halogens is 4. The van der Waals surface area contributed by atoms with Gasteiger partial charge in [0.05, 0.1) is 35.2 Å². The fraction of sp³-hybridized carbons (Fsp3) is 0.500. The van der Waals surface area contributed by atoms with E-state index in [4.69, 9.17) is 16.3 Å². The van der Waals surface area contributed by atoms with Crippen molar-refractivity contribution in [3.63, 3.8) is 0 Å². The third kappa shape index (κ3) is 6.12. The molecule has 39 heavy (non-hydrogen) atoms. The van der Waals surface area contributed by atoms with Crippen molar-refractivity contribution in [2.45, 2.75) is 45.0 Å². The van der Waals surface area contributed by atoms with E-state index in [1.807, 2.05) is 0 Å². The van der Waals surface area contributed by atoms with Crippen LogP contribution in [0.4, 0.5) is 24.5 Å². The smallest absolute Gasteiger partial charge is 0.375 e. The van der Waals surface area contributed by atoms with Crippen LogP contribution in [0.3, 0.4) is 0 Å². The number of nitrogens with one attached hydrogen (secondary N) is 1. The van der Waals surface area contributed by atoms with E-state index in [0.717, 1.165) is 7.05 Å². The Morgan fingerprint density at radius 1 is 1.28 bits per heavy atom. The van der Waals surface area contributed by atoms with E-state index in [1.54, 1.807) is 13.0 Å². The lowest BCUT2D eigenvalue weighted by atomic mass is 9.95. The first-order chi connectivity index (χ1) is 18.2. The van der Waals surface area contributed by atoms with Crippen molar-refractivity contribution in [2.24, 2.45) is 5.92 Å². The Hall–Kier alpha value is -2.97. The minimum atomic E-state index is -4.76. The average Bonchev–Trinajstić information content (AvgIpc) is 3.23. The van der Waals surface area contributed by atoms with E-state index in [2.05, 4.69) is 20.4 Å². The summed E-state index contributed by atoms with van der Waals surface area (Å²) in [5.41, 5.74) is 1.72. The Kier molecular flexibility index (Phi) is 8.11. The molecule has 0 radical (unpaired) electrons. The molecule has 10 nitrogen and oxygen atoms in total. The summed E-state index contributed by atoms with van der Waals surface area (Å²) in [4.78, 5) is 21.9. The molecule has 0 saturated carbocycles. The van der Waals surface area contributed by atoms with E-state index in [0.29, 0.717) is 27.5 Å². The molecule has 1 saturated heterocycles. The van der Waals surface area contributed by atoms with Gasteiger partial charge < -0.3 is 15.0 Å². The number of methoxy groups -OCH3 is 1. The molecule has 2 unspecified atom stereocenters. The maximum atomic E-state index is 14.3. The standard InChI is InChI=1S/C24H28ClF3N6O4S/c1-13-11-16(30-18-12-29-23-31-22(25)32-34(23)19(18)14(2)38-4)5-6-17(13)20(24(26,27)28)33(3)21(35)15-7-9-39(36,37)10-8-15/h5-6,11-12,14-15,20,30H,7-10H2,1-4H3. The number of aryl methyl sites for hydroxylation is 1. The summed E-state index contributed by atoms with van der Waals surface area (Å²) in [5.74, 6) is -1.67. The molecule has 1 amide bonds. The van der Waals surface area contributed by atoms with Gasteiger partial charge in [0, 0.05) is 25.8 Å². The summed E-state index contributed by atoms with van der Waals surface area (Å²) in [6.45, 7) is 3.31. The highest BCUT2D eigenvalue weighted by Crippen LogP contribution is 2.40. The molecule has 1 aliphatic rings. The fourth-order valence-electron chi connectivity index (χ4n) is 4.80. The number of sulfone groups is 1. The SMILES string of the molecule is COC(C)c1c(Nc2ccc(C(N(C)C(=O)C3CCS(=O)(=O)CC3)C(F)(F)F)c(C)c2)cnc2nc(Cl)nn12. The quantitative estimate of drug-likeness (QED) is 0.431. The van der Waals surface area contributed by atoms with Gasteiger partial charge in [-0.3, -0.25) is 4.79 Å². The van der Waals surface area contributed by atoms with Crippen LogP contribution in [0.25, 0.3) is 5.78 Å². The number of ether oxygens (including phenoxy) is 1. The third-order valence-corrected chi connectivity index (χ3v) is 8.78. The van der Waals surface area contributed by atoms with Gasteiger partial charge >= 0.3 is 6.18 Å². The zero-order valence-corrected chi connectivity index (χ0v) is 23.2. The second-order valence-electron chi connectivity index (χ2n) is 9.54. The number of benzene rings is 1. The highest BCUT2D eigenvalue weighted by molar-refractivity contribution is 7.91. The van der Waals surface area contributed by atoms with Crippen LogP contribution in [0.1, 0.15) is 48.7 Å². The zero-order valence-electron chi connectivity index (χ0n) is 21.7. The molecule has 2 aromatic heterocycles. The summed E-state index contributed by atoms with van der Waals surface area (Å²) < 4.78 is 73.3. The van der Waals surface area contributed by atoms with Gasteiger partial charge in [-0.2, -0.15) is 22.7 Å². The summed E-state index contributed by atoms with van der Waals surface area (Å²) in [5, 5.41) is 7.29. The van der Waals surface area contributed by atoms with Crippen LogP contribution < -0.4 is 5.32 Å². The lowest BCUT2D eigenvalue weighted by Gasteiger charge is -2.34. The van der Waals surface area contributed by atoms with Crippen molar-refractivity contribution in [3.8, 4) is 0 Å². The Morgan fingerprint density at radius 2 is 1.95 bits per heavy atom. The van der Waals surface area contributed by atoms with Crippen LogP contribution in [0.2, 0.25) is 5.28 Å². The number of anilines is 2. The average molecular weight is 589 g/mol. The molecule has 0 spiro atoms. The van der Waals surface area contributed by atoms with Crippen LogP contribution in [-0.4, -0.2) is 70.6 Å². The van der Waals surface area contributed by atoms with Crippen molar-refractivity contribution >= 4 is 44.5 Å². The van der Waals surface area contributed by atoms with Gasteiger partial charge in [0.25, 0.3) is 5.78 Å². The van der Waals surface area contributed by atoms with Crippen LogP contribution in [-0.2, 0) is 19.4 Å². The summed E-state index contributed by atoms with van der Waals surface area (Å²) in [6.07, 6.45) is -3.69. The first-order valence-corrected chi connectivity index (χ1v) is 14.3. The number of nitrogens with zero attached hydrogens (tertiary/aromatic N) is 5. The highest BCUT2D eigenvalue weighted by Gasteiger charge is 2.47. The Labute approximate surface area is 228 Å². The second-order valence-corrected chi connectivity index (χ2v) is 12.2. The number of hydrogen-bond donors (Lipinski definition) is 1. The molecular formula is C24H28ClF3N6O4S. The molecule has 3 heterocycles. The normalized spacial score (nSPS) is 17.6. The van der Waals surface area contributed by atoms with E-state index >= 15 is 0 Å². The first-order valence-electron chi connectivity index (χ1n) is 12.1. The van der Waals surface area contributed by atoms with Crippen LogP contribution in [0.5, 0.6) is 0 Å². The Balaban J connectivity index is 1.64. The van der Waals surface area contributed by atoms with Gasteiger partial charge in [-0.15, -0.1) is 5.10 Å². The molecule has 4 rings (SSSR count). The number of alkyl halides is 3. The van der Waals surface area contributed by atoms with Crippen LogP contribution in [0.15, 0.2) is 24.4 Å². The minimum absolute atomic E-state index is 0.00360. The molecular weight excluding hydrogens is 561 g/mol. The minimum Gasteiger partial charge on any atom is -0.375 e. The predicted molar refractivity (Wildman–Crippen MR) is 139 cm³/mol. The molecule has 212 valence electrons. The largest absolute Gasteiger partial charge is 0.413 e. The van der Waals surface area contributed by atoms with Gasteiger partial charge in [-0.1, -0.05) is 6.07 Å². The van der Waals surface area contributed by atoms with Crippen molar-refractivity contribution in [1.29, 1.82) is 0 Å². The molecule has 0 aliphatic carbocycles.